The predicted octanol–water partition coefficient (Wildman–Crippen LogP) is 2.26. The molecule has 0 spiro atoms. The number of halogens is 3. The van der Waals surface area contributed by atoms with E-state index in [0.29, 0.717) is 0 Å². The van der Waals surface area contributed by atoms with E-state index in [1.807, 2.05) is 0 Å². The summed E-state index contributed by atoms with van der Waals surface area (Å²) in [6, 6.07) is 2.79. The third-order valence-corrected chi connectivity index (χ3v) is 2.17. The maximum atomic E-state index is 12.6. The van der Waals surface area contributed by atoms with E-state index in [1.54, 1.807) is 6.07 Å². The van der Waals surface area contributed by atoms with Crippen molar-refractivity contribution in [2.45, 2.75) is 12.8 Å². The van der Waals surface area contributed by atoms with Crippen LogP contribution < -0.4 is 0 Å². The van der Waals surface area contributed by atoms with Crippen molar-refractivity contribution in [3.8, 4) is 6.07 Å². The summed E-state index contributed by atoms with van der Waals surface area (Å²) in [5, 5.41) is 8.61. The van der Waals surface area contributed by atoms with E-state index in [0.717, 1.165) is 7.11 Å². The Morgan fingerprint density at radius 3 is 2.82 bits per heavy atom. The average molecular weight is 261 g/mol. The van der Waals surface area contributed by atoms with Crippen LogP contribution in [0.25, 0.3) is 0 Å². The van der Waals surface area contributed by atoms with Gasteiger partial charge in [-0.1, -0.05) is 11.6 Å². The minimum atomic E-state index is -2.93. The Labute approximate surface area is 101 Å². The number of carbonyl (C=O) groups excluding carboxylic acids is 1. The van der Waals surface area contributed by atoms with Gasteiger partial charge in [0, 0.05) is 0 Å². The van der Waals surface area contributed by atoms with E-state index in [2.05, 4.69) is 9.72 Å². The molecule has 0 aliphatic carbocycles. The van der Waals surface area contributed by atoms with Gasteiger partial charge in [0.05, 0.1) is 19.1 Å². The van der Waals surface area contributed by atoms with Crippen LogP contribution >= 0.6 is 11.6 Å². The van der Waals surface area contributed by atoms with E-state index in [4.69, 9.17) is 16.9 Å². The van der Waals surface area contributed by atoms with E-state index in [1.165, 1.54) is 6.07 Å². The first kappa shape index (κ1) is 13.3. The normalized spacial score (nSPS) is 10.1. The van der Waals surface area contributed by atoms with Crippen LogP contribution in [0, 0.1) is 11.3 Å². The Bertz CT molecular complexity index is 486. The van der Waals surface area contributed by atoms with Gasteiger partial charge in [-0.3, -0.25) is 4.79 Å². The molecular weight excluding hydrogens is 254 g/mol. The summed E-state index contributed by atoms with van der Waals surface area (Å²) >= 11 is 5.54. The molecular formula is C10H7ClF2N2O2. The molecule has 0 bridgehead atoms. The van der Waals surface area contributed by atoms with Crippen molar-refractivity contribution in [2.75, 3.05) is 7.11 Å². The van der Waals surface area contributed by atoms with Crippen molar-refractivity contribution < 1.29 is 18.3 Å². The largest absolute Gasteiger partial charge is 0.469 e. The van der Waals surface area contributed by atoms with Gasteiger partial charge in [0.2, 0.25) is 0 Å². The first-order chi connectivity index (χ1) is 7.99. The molecule has 0 saturated heterocycles. The molecule has 90 valence electrons. The highest BCUT2D eigenvalue weighted by molar-refractivity contribution is 6.29. The quantitative estimate of drug-likeness (QED) is 0.618. The molecule has 0 N–H and O–H groups in total. The van der Waals surface area contributed by atoms with E-state index >= 15 is 0 Å². The first-order valence-electron chi connectivity index (χ1n) is 4.44. The van der Waals surface area contributed by atoms with Crippen LogP contribution in [0.1, 0.15) is 23.2 Å². The molecule has 0 atom stereocenters. The van der Waals surface area contributed by atoms with Gasteiger partial charge in [-0.25, -0.2) is 13.8 Å². The number of aromatic nitrogens is 1. The number of carbonyl (C=O) groups is 1. The van der Waals surface area contributed by atoms with Gasteiger partial charge in [0.15, 0.2) is 0 Å². The fourth-order valence-corrected chi connectivity index (χ4v) is 1.46. The number of ether oxygens (including phenoxy) is 1. The van der Waals surface area contributed by atoms with Gasteiger partial charge >= 0.3 is 5.97 Å². The van der Waals surface area contributed by atoms with Crippen molar-refractivity contribution in [3.63, 3.8) is 0 Å². The van der Waals surface area contributed by atoms with Gasteiger partial charge < -0.3 is 4.74 Å². The molecule has 4 nitrogen and oxygen atoms in total. The van der Waals surface area contributed by atoms with Gasteiger partial charge in [0.1, 0.15) is 16.9 Å². The fraction of sp³-hybridized carbons (Fsp3) is 0.300. The second kappa shape index (κ2) is 5.55. The average Bonchev–Trinajstić information content (AvgIpc) is 2.28. The van der Waals surface area contributed by atoms with E-state index < -0.39 is 18.1 Å². The summed E-state index contributed by atoms with van der Waals surface area (Å²) in [7, 11) is 1.16. The minimum Gasteiger partial charge on any atom is -0.469 e. The number of esters is 1. The maximum Gasteiger partial charge on any atom is 0.310 e. The Hall–Kier alpha value is -1.74. The lowest BCUT2D eigenvalue weighted by Gasteiger charge is -2.08. The number of methoxy groups -OCH3 is 1. The van der Waals surface area contributed by atoms with Gasteiger partial charge in [-0.2, -0.15) is 5.26 Å². The fourth-order valence-electron chi connectivity index (χ4n) is 1.24. The van der Waals surface area contributed by atoms with Gasteiger partial charge in [-0.15, -0.1) is 0 Å². The molecule has 0 amide bonds. The van der Waals surface area contributed by atoms with Crippen molar-refractivity contribution in [2.24, 2.45) is 0 Å². The third-order valence-electron chi connectivity index (χ3n) is 1.98. The zero-order valence-electron chi connectivity index (χ0n) is 8.71. The maximum absolute atomic E-state index is 12.6. The highest BCUT2D eigenvalue weighted by Crippen LogP contribution is 2.26. The third kappa shape index (κ3) is 3.11. The molecule has 1 aromatic rings. The number of pyridine rings is 1. The molecule has 7 heteroatoms. The molecule has 17 heavy (non-hydrogen) atoms. The molecule has 1 aromatic heterocycles. The summed E-state index contributed by atoms with van der Waals surface area (Å²) in [4.78, 5) is 14.4. The SMILES string of the molecule is COC(=O)Cc1cc(Cl)nc(C(F)F)c1C#N. The monoisotopic (exact) mass is 260 g/mol. The van der Waals surface area contributed by atoms with Crippen LogP contribution in [-0.4, -0.2) is 18.1 Å². The zero-order chi connectivity index (χ0) is 13.0. The van der Waals surface area contributed by atoms with Crippen LogP contribution in [0.2, 0.25) is 5.15 Å². The highest BCUT2D eigenvalue weighted by atomic mass is 35.5. The van der Waals surface area contributed by atoms with Crippen LogP contribution in [0.4, 0.5) is 8.78 Å². The Morgan fingerprint density at radius 1 is 1.71 bits per heavy atom. The lowest BCUT2D eigenvalue weighted by molar-refractivity contribution is -0.139. The number of hydrogen-bond acceptors (Lipinski definition) is 4. The molecule has 0 aromatic carbocycles. The molecule has 0 radical (unpaired) electrons. The summed E-state index contributed by atoms with van der Waals surface area (Å²) < 4.78 is 29.6. The van der Waals surface area contributed by atoms with E-state index in [9.17, 15) is 13.6 Å². The van der Waals surface area contributed by atoms with Crippen LogP contribution in [0.15, 0.2) is 6.07 Å². The first-order valence-corrected chi connectivity index (χ1v) is 4.81. The predicted molar refractivity (Wildman–Crippen MR) is 54.6 cm³/mol. The van der Waals surface area contributed by atoms with Crippen molar-refractivity contribution in [1.29, 1.82) is 5.26 Å². The summed E-state index contributed by atoms with van der Waals surface area (Å²) in [6.45, 7) is 0. The standard InChI is InChI=1S/C10H7ClF2N2O2/c1-17-8(16)3-5-2-7(11)15-9(10(12)13)6(5)4-14/h2,10H,3H2,1H3. The lowest BCUT2D eigenvalue weighted by Crippen LogP contribution is -2.09. The molecule has 0 unspecified atom stereocenters. The Morgan fingerprint density at radius 2 is 2.35 bits per heavy atom. The van der Waals surface area contributed by atoms with Crippen LogP contribution in [0.3, 0.4) is 0 Å². The van der Waals surface area contributed by atoms with Crippen molar-refractivity contribution >= 4 is 17.6 Å². The summed E-state index contributed by atoms with van der Waals surface area (Å²) in [5.41, 5.74) is -0.983. The van der Waals surface area contributed by atoms with E-state index in [-0.39, 0.29) is 22.7 Å². The molecule has 0 fully saturated rings. The lowest BCUT2D eigenvalue weighted by atomic mass is 10.0. The topological polar surface area (TPSA) is 63.0 Å². The van der Waals surface area contributed by atoms with Crippen molar-refractivity contribution in [3.05, 3.63) is 28.0 Å². The number of hydrogen-bond donors (Lipinski definition) is 0. The van der Waals surface area contributed by atoms with Gasteiger partial charge in [-0.05, 0) is 11.6 Å². The smallest absolute Gasteiger partial charge is 0.310 e. The Balaban J connectivity index is 3.29. The van der Waals surface area contributed by atoms with Gasteiger partial charge in [0.25, 0.3) is 6.43 Å². The summed E-state index contributed by atoms with van der Waals surface area (Å²) in [6.07, 6.45) is -3.24. The number of nitriles is 1. The molecule has 1 rings (SSSR count). The highest BCUT2D eigenvalue weighted by Gasteiger charge is 2.21. The second-order valence-electron chi connectivity index (χ2n) is 3.03. The molecule has 1 heterocycles. The van der Waals surface area contributed by atoms with Crippen molar-refractivity contribution in [1.82, 2.24) is 4.98 Å². The van der Waals surface area contributed by atoms with Crippen LogP contribution in [-0.2, 0) is 16.0 Å². The number of rotatable bonds is 3. The van der Waals surface area contributed by atoms with Crippen LogP contribution in [0.5, 0.6) is 0 Å². The molecule has 0 aliphatic rings. The minimum absolute atomic E-state index is 0.0784. The molecule has 0 saturated carbocycles. The number of nitrogens with zero attached hydrogens (tertiary/aromatic N) is 2. The second-order valence-corrected chi connectivity index (χ2v) is 3.42. The number of alkyl halides is 2. The summed E-state index contributed by atoms with van der Waals surface area (Å²) in [5.74, 6) is -0.649. The zero-order valence-corrected chi connectivity index (χ0v) is 9.46. The molecule has 0 aliphatic heterocycles. The Kier molecular flexibility index (Phi) is 4.35.